The van der Waals surface area contributed by atoms with Crippen LogP contribution >= 0.6 is 0 Å². The van der Waals surface area contributed by atoms with Gasteiger partial charge >= 0.3 is 6.18 Å². The van der Waals surface area contributed by atoms with E-state index < -0.39 is 18.6 Å². The average Bonchev–Trinajstić information content (AvgIpc) is 3.30. The number of halogens is 3. The number of rotatable bonds is 9. The van der Waals surface area contributed by atoms with Crippen molar-refractivity contribution >= 4 is 11.8 Å². The molecule has 0 atom stereocenters. The minimum absolute atomic E-state index is 0.00367. The summed E-state index contributed by atoms with van der Waals surface area (Å²) in [5.41, 5.74) is 0.00367. The molecule has 0 saturated carbocycles. The number of hydrogen-bond donors (Lipinski definition) is 0. The Bertz CT molecular complexity index is 925. The van der Waals surface area contributed by atoms with Crippen molar-refractivity contribution in [3.63, 3.8) is 0 Å². The summed E-state index contributed by atoms with van der Waals surface area (Å²) in [4.78, 5) is 27.7. The molecule has 1 aromatic heterocycles. The van der Waals surface area contributed by atoms with E-state index in [4.69, 9.17) is 13.9 Å². The van der Waals surface area contributed by atoms with Crippen LogP contribution in [0, 0.1) is 0 Å². The third kappa shape index (κ3) is 7.16. The Balaban J connectivity index is 1.75. The quantitative estimate of drug-likeness (QED) is 0.550. The standard InChI is InChI=1S/C23H27F3N2O5/c1-2-31-20-13-17(8-9-19(20)33-15-21(29)27-10-4-3-5-11-27)22(30)28(16-23(24,25)26)14-18-7-6-12-32-18/h6-9,12-13H,2-5,10-11,14-16H2,1H3. The van der Waals surface area contributed by atoms with Crippen LogP contribution in [-0.4, -0.2) is 60.6 Å². The van der Waals surface area contributed by atoms with Gasteiger partial charge in [-0.25, -0.2) is 0 Å². The normalized spacial score (nSPS) is 14.1. The Labute approximate surface area is 190 Å². The first-order chi connectivity index (χ1) is 15.8. The molecule has 10 heteroatoms. The maximum Gasteiger partial charge on any atom is 0.406 e. The van der Waals surface area contributed by atoms with Gasteiger partial charge < -0.3 is 23.7 Å². The molecule has 1 aliphatic rings. The lowest BCUT2D eigenvalue weighted by Gasteiger charge is -2.26. The highest BCUT2D eigenvalue weighted by molar-refractivity contribution is 5.95. The lowest BCUT2D eigenvalue weighted by Crippen LogP contribution is -2.38. The van der Waals surface area contributed by atoms with Crippen molar-refractivity contribution in [3.05, 3.63) is 47.9 Å². The number of carbonyl (C=O) groups is 2. The maximum absolute atomic E-state index is 13.1. The van der Waals surface area contributed by atoms with Crippen LogP contribution in [0.15, 0.2) is 41.0 Å². The highest BCUT2D eigenvalue weighted by Crippen LogP contribution is 2.30. The van der Waals surface area contributed by atoms with Gasteiger partial charge in [0, 0.05) is 18.7 Å². The number of amides is 2. The molecule has 3 rings (SSSR count). The highest BCUT2D eigenvalue weighted by Gasteiger charge is 2.34. The van der Waals surface area contributed by atoms with Gasteiger partial charge in [-0.15, -0.1) is 0 Å². The number of furan rings is 1. The fourth-order valence-corrected chi connectivity index (χ4v) is 3.59. The van der Waals surface area contributed by atoms with Gasteiger partial charge in [0.25, 0.3) is 11.8 Å². The summed E-state index contributed by atoms with van der Waals surface area (Å²) in [7, 11) is 0. The fraction of sp³-hybridized carbons (Fsp3) is 0.478. The number of benzene rings is 1. The molecule has 1 aromatic carbocycles. The van der Waals surface area contributed by atoms with E-state index in [0.29, 0.717) is 18.0 Å². The Kier molecular flexibility index (Phi) is 8.24. The molecule has 0 spiro atoms. The van der Waals surface area contributed by atoms with Crippen molar-refractivity contribution < 1.29 is 36.7 Å². The Morgan fingerprint density at radius 3 is 2.48 bits per heavy atom. The van der Waals surface area contributed by atoms with Gasteiger partial charge in [-0.3, -0.25) is 9.59 Å². The maximum atomic E-state index is 13.1. The van der Waals surface area contributed by atoms with Crippen LogP contribution in [0.4, 0.5) is 13.2 Å². The van der Waals surface area contributed by atoms with Crippen LogP contribution in [0.25, 0.3) is 0 Å². The molecule has 0 N–H and O–H groups in total. The summed E-state index contributed by atoms with van der Waals surface area (Å²) < 4.78 is 55.6. The van der Waals surface area contributed by atoms with E-state index in [-0.39, 0.29) is 48.5 Å². The summed E-state index contributed by atoms with van der Waals surface area (Å²) in [5, 5.41) is 0. The second-order valence-electron chi connectivity index (χ2n) is 7.68. The van der Waals surface area contributed by atoms with E-state index in [1.54, 1.807) is 11.8 Å². The van der Waals surface area contributed by atoms with Crippen LogP contribution in [0.5, 0.6) is 11.5 Å². The first-order valence-corrected chi connectivity index (χ1v) is 10.8. The van der Waals surface area contributed by atoms with E-state index in [9.17, 15) is 22.8 Å². The number of nitrogens with zero attached hydrogens (tertiary/aromatic N) is 2. The summed E-state index contributed by atoms with van der Waals surface area (Å²) >= 11 is 0. The summed E-state index contributed by atoms with van der Waals surface area (Å²) in [5.74, 6) is -0.326. The zero-order valence-corrected chi connectivity index (χ0v) is 18.4. The molecule has 0 radical (unpaired) electrons. The number of piperidine rings is 1. The van der Waals surface area contributed by atoms with Crippen molar-refractivity contribution in [3.8, 4) is 11.5 Å². The van der Waals surface area contributed by atoms with Crippen molar-refractivity contribution in [1.82, 2.24) is 9.80 Å². The van der Waals surface area contributed by atoms with Crippen molar-refractivity contribution in [2.75, 3.05) is 32.8 Å². The first kappa shape index (κ1) is 24.5. The van der Waals surface area contributed by atoms with Crippen molar-refractivity contribution in [2.24, 2.45) is 0 Å². The van der Waals surface area contributed by atoms with Gasteiger partial charge in [0.2, 0.25) is 0 Å². The van der Waals surface area contributed by atoms with Crippen LogP contribution < -0.4 is 9.47 Å². The van der Waals surface area contributed by atoms with Crippen LogP contribution in [0.3, 0.4) is 0 Å². The molecule has 1 aliphatic heterocycles. The van der Waals surface area contributed by atoms with E-state index in [0.717, 1.165) is 19.3 Å². The predicted molar refractivity (Wildman–Crippen MR) is 113 cm³/mol. The predicted octanol–water partition coefficient (Wildman–Crippen LogP) is 4.27. The van der Waals surface area contributed by atoms with Gasteiger partial charge in [0.1, 0.15) is 12.3 Å². The molecular formula is C23H27F3N2O5. The Hall–Kier alpha value is -3.17. The number of alkyl halides is 3. The number of ether oxygens (including phenoxy) is 2. The second kappa shape index (κ2) is 11.1. The topological polar surface area (TPSA) is 72.2 Å². The van der Waals surface area contributed by atoms with E-state index >= 15 is 0 Å². The van der Waals surface area contributed by atoms with Crippen molar-refractivity contribution in [2.45, 2.75) is 38.9 Å². The molecule has 2 heterocycles. The zero-order valence-electron chi connectivity index (χ0n) is 18.4. The van der Waals surface area contributed by atoms with E-state index in [2.05, 4.69) is 0 Å². The van der Waals surface area contributed by atoms with Gasteiger partial charge in [-0.05, 0) is 56.5 Å². The SMILES string of the molecule is CCOc1cc(C(=O)N(Cc2ccco2)CC(F)(F)F)ccc1OCC(=O)N1CCCCC1. The summed E-state index contributed by atoms with van der Waals surface area (Å²) in [6.45, 7) is 1.40. The number of carbonyl (C=O) groups excluding carboxylic acids is 2. The Morgan fingerprint density at radius 1 is 1.09 bits per heavy atom. The molecule has 1 fully saturated rings. The van der Waals surface area contributed by atoms with Gasteiger partial charge in [0.05, 0.1) is 19.4 Å². The van der Waals surface area contributed by atoms with E-state index in [1.165, 1.54) is 36.6 Å². The summed E-state index contributed by atoms with van der Waals surface area (Å²) in [6, 6.07) is 7.16. The average molecular weight is 468 g/mol. The lowest BCUT2D eigenvalue weighted by molar-refractivity contribution is -0.142. The Morgan fingerprint density at radius 2 is 1.85 bits per heavy atom. The molecule has 180 valence electrons. The van der Waals surface area contributed by atoms with E-state index in [1.807, 2.05) is 0 Å². The number of likely N-dealkylation sites (tertiary alicyclic amines) is 1. The van der Waals surface area contributed by atoms with Crippen LogP contribution in [0.2, 0.25) is 0 Å². The largest absolute Gasteiger partial charge is 0.490 e. The molecule has 7 nitrogen and oxygen atoms in total. The number of hydrogen-bond acceptors (Lipinski definition) is 5. The minimum Gasteiger partial charge on any atom is -0.490 e. The zero-order chi connectivity index (χ0) is 23.8. The molecule has 2 amide bonds. The molecule has 2 aromatic rings. The molecule has 0 unspecified atom stereocenters. The third-order valence-electron chi connectivity index (χ3n) is 5.13. The second-order valence-corrected chi connectivity index (χ2v) is 7.68. The molecule has 33 heavy (non-hydrogen) atoms. The first-order valence-electron chi connectivity index (χ1n) is 10.8. The van der Waals surface area contributed by atoms with Crippen molar-refractivity contribution in [1.29, 1.82) is 0 Å². The van der Waals surface area contributed by atoms with Crippen LogP contribution in [0.1, 0.15) is 42.3 Å². The molecular weight excluding hydrogens is 441 g/mol. The third-order valence-corrected chi connectivity index (χ3v) is 5.13. The highest BCUT2D eigenvalue weighted by atomic mass is 19.4. The lowest BCUT2D eigenvalue weighted by atomic mass is 10.1. The molecule has 0 aliphatic carbocycles. The fourth-order valence-electron chi connectivity index (χ4n) is 3.59. The monoisotopic (exact) mass is 468 g/mol. The molecule has 0 bridgehead atoms. The van der Waals surface area contributed by atoms with Gasteiger partial charge in [-0.2, -0.15) is 13.2 Å². The van der Waals surface area contributed by atoms with Crippen LogP contribution in [-0.2, 0) is 11.3 Å². The molecule has 1 saturated heterocycles. The summed E-state index contributed by atoms with van der Waals surface area (Å²) in [6.07, 6.45) is -0.239. The smallest absolute Gasteiger partial charge is 0.406 e. The van der Waals surface area contributed by atoms with Gasteiger partial charge in [0.15, 0.2) is 18.1 Å². The minimum atomic E-state index is -4.58. The van der Waals surface area contributed by atoms with Gasteiger partial charge in [-0.1, -0.05) is 0 Å².